The van der Waals surface area contributed by atoms with Gasteiger partial charge >= 0.3 is 0 Å². The molecule has 4 heteroatoms. The highest BCUT2D eigenvalue weighted by Gasteiger charge is 2.39. The molecule has 0 spiro atoms. The minimum absolute atomic E-state index is 0.0849. The minimum Gasteiger partial charge on any atom is -0.490 e. The lowest BCUT2D eigenvalue weighted by Crippen LogP contribution is -2.46. The predicted molar refractivity (Wildman–Crippen MR) is 68.2 cm³/mol. The third-order valence-corrected chi connectivity index (χ3v) is 3.53. The first-order valence-corrected chi connectivity index (χ1v) is 6.45. The molecule has 1 aromatic carbocycles. The topological polar surface area (TPSA) is 41.5 Å². The number of hydrogen-bond donors (Lipinski definition) is 2. The number of benzene rings is 1. The van der Waals surface area contributed by atoms with E-state index < -0.39 is 0 Å². The molecular formula is C14H20FNO2. The van der Waals surface area contributed by atoms with Crippen LogP contribution in [0.1, 0.15) is 26.2 Å². The summed E-state index contributed by atoms with van der Waals surface area (Å²) in [4.78, 5) is 0. The van der Waals surface area contributed by atoms with Gasteiger partial charge in [-0.1, -0.05) is 6.92 Å². The number of aliphatic hydroxyl groups is 1. The molecule has 0 aromatic heterocycles. The van der Waals surface area contributed by atoms with Crippen LogP contribution < -0.4 is 10.1 Å². The molecule has 2 unspecified atom stereocenters. The molecule has 1 aromatic rings. The molecule has 0 saturated heterocycles. The average molecular weight is 253 g/mol. The summed E-state index contributed by atoms with van der Waals surface area (Å²) < 4.78 is 18.6. The number of halogens is 1. The van der Waals surface area contributed by atoms with Crippen LogP contribution in [0.5, 0.6) is 5.75 Å². The third-order valence-electron chi connectivity index (χ3n) is 3.53. The predicted octanol–water partition coefficient (Wildman–Crippen LogP) is 2.10. The second-order valence-corrected chi connectivity index (χ2v) is 4.91. The molecule has 0 aliphatic heterocycles. The van der Waals surface area contributed by atoms with Gasteiger partial charge in [0.25, 0.3) is 0 Å². The minimum atomic E-state index is -0.258. The lowest BCUT2D eigenvalue weighted by Gasteiger charge is -2.27. The molecule has 1 aliphatic carbocycles. The van der Waals surface area contributed by atoms with Gasteiger partial charge < -0.3 is 15.2 Å². The largest absolute Gasteiger partial charge is 0.490 e. The quantitative estimate of drug-likeness (QED) is 0.844. The first kappa shape index (κ1) is 13.3. The highest BCUT2D eigenvalue weighted by atomic mass is 19.1. The van der Waals surface area contributed by atoms with Gasteiger partial charge in [0.15, 0.2) is 0 Å². The van der Waals surface area contributed by atoms with Crippen molar-refractivity contribution in [2.45, 2.75) is 37.8 Å². The van der Waals surface area contributed by atoms with E-state index in [2.05, 4.69) is 5.32 Å². The zero-order valence-electron chi connectivity index (χ0n) is 10.7. The molecule has 0 radical (unpaired) electrons. The van der Waals surface area contributed by atoms with Gasteiger partial charge in [-0.2, -0.15) is 0 Å². The molecule has 0 bridgehead atoms. The fourth-order valence-corrected chi connectivity index (χ4v) is 2.62. The molecule has 1 aliphatic rings. The van der Waals surface area contributed by atoms with E-state index >= 15 is 0 Å². The van der Waals surface area contributed by atoms with Gasteiger partial charge in [0.1, 0.15) is 17.7 Å². The van der Waals surface area contributed by atoms with Crippen molar-refractivity contribution in [2.24, 2.45) is 0 Å². The molecule has 2 N–H and O–H groups in total. The van der Waals surface area contributed by atoms with Crippen LogP contribution >= 0.6 is 0 Å². The molecule has 0 amide bonds. The van der Waals surface area contributed by atoms with Crippen LogP contribution in [0.15, 0.2) is 24.3 Å². The van der Waals surface area contributed by atoms with E-state index in [1.165, 1.54) is 12.1 Å². The van der Waals surface area contributed by atoms with Gasteiger partial charge in [0.2, 0.25) is 0 Å². The van der Waals surface area contributed by atoms with Crippen molar-refractivity contribution in [3.05, 3.63) is 30.1 Å². The Balaban J connectivity index is 1.94. The number of aliphatic hydroxyl groups excluding tert-OH is 1. The fourth-order valence-electron chi connectivity index (χ4n) is 2.62. The summed E-state index contributed by atoms with van der Waals surface area (Å²) in [5.41, 5.74) is -0.209. The molecule has 1 saturated carbocycles. The summed E-state index contributed by atoms with van der Waals surface area (Å²) in [5, 5.41) is 12.8. The van der Waals surface area contributed by atoms with E-state index in [0.717, 1.165) is 25.8 Å². The molecule has 3 nitrogen and oxygen atoms in total. The molecule has 100 valence electrons. The maximum absolute atomic E-state index is 12.8. The first-order chi connectivity index (χ1) is 8.67. The van der Waals surface area contributed by atoms with Crippen LogP contribution in [0.4, 0.5) is 4.39 Å². The number of nitrogens with one attached hydrogen (secondary N) is 1. The molecular weight excluding hydrogens is 233 g/mol. The van der Waals surface area contributed by atoms with Crippen molar-refractivity contribution in [2.75, 3.05) is 13.2 Å². The van der Waals surface area contributed by atoms with Gasteiger partial charge in [-0.25, -0.2) is 4.39 Å². The van der Waals surface area contributed by atoms with E-state index in [1.54, 1.807) is 12.1 Å². The second kappa shape index (κ2) is 5.67. The monoisotopic (exact) mass is 253 g/mol. The van der Waals surface area contributed by atoms with E-state index in [0.29, 0.717) is 5.75 Å². The van der Waals surface area contributed by atoms with Crippen LogP contribution in [0.25, 0.3) is 0 Å². The number of ether oxygens (including phenoxy) is 1. The van der Waals surface area contributed by atoms with Crippen molar-refractivity contribution in [3.8, 4) is 5.75 Å². The maximum atomic E-state index is 12.8. The Labute approximate surface area is 107 Å². The van der Waals surface area contributed by atoms with Crippen molar-refractivity contribution in [1.29, 1.82) is 0 Å². The normalized spacial score (nSPS) is 27.4. The summed E-state index contributed by atoms with van der Waals surface area (Å²) in [6.07, 6.45) is 2.68. The zero-order valence-corrected chi connectivity index (χ0v) is 10.7. The van der Waals surface area contributed by atoms with E-state index in [9.17, 15) is 9.50 Å². The number of likely N-dealkylation sites (N-methyl/N-ethyl adjacent to an activating group) is 1. The molecule has 18 heavy (non-hydrogen) atoms. The smallest absolute Gasteiger partial charge is 0.123 e. The van der Waals surface area contributed by atoms with Crippen molar-refractivity contribution >= 4 is 0 Å². The zero-order chi connectivity index (χ0) is 13.0. The van der Waals surface area contributed by atoms with Crippen molar-refractivity contribution < 1.29 is 14.2 Å². The molecule has 0 heterocycles. The van der Waals surface area contributed by atoms with Crippen LogP contribution in [0.2, 0.25) is 0 Å². The van der Waals surface area contributed by atoms with Crippen LogP contribution in [0.3, 0.4) is 0 Å². The Morgan fingerprint density at radius 2 is 2.17 bits per heavy atom. The van der Waals surface area contributed by atoms with E-state index in [4.69, 9.17) is 4.74 Å². The highest BCUT2D eigenvalue weighted by molar-refractivity contribution is 5.22. The van der Waals surface area contributed by atoms with Gasteiger partial charge in [-0.15, -0.1) is 0 Å². The summed E-state index contributed by atoms with van der Waals surface area (Å²) in [6, 6.07) is 6.07. The fraction of sp³-hybridized carbons (Fsp3) is 0.571. The Hall–Kier alpha value is -1.13. The summed E-state index contributed by atoms with van der Waals surface area (Å²) >= 11 is 0. The third kappa shape index (κ3) is 3.00. The lowest BCUT2D eigenvalue weighted by molar-refractivity contribution is 0.142. The summed E-state index contributed by atoms with van der Waals surface area (Å²) in [7, 11) is 0. The van der Waals surface area contributed by atoms with Gasteiger partial charge in [-0.3, -0.25) is 0 Å². The highest BCUT2D eigenvalue weighted by Crippen LogP contribution is 2.32. The standard InChI is InChI=1S/C14H20FNO2/c1-2-16-14(10-17)8-7-13(9-14)18-12-5-3-11(15)4-6-12/h3-6,13,16-17H,2,7-10H2,1H3. The van der Waals surface area contributed by atoms with E-state index in [-0.39, 0.29) is 24.1 Å². The lowest BCUT2D eigenvalue weighted by atomic mass is 9.99. The van der Waals surface area contributed by atoms with Crippen LogP contribution in [-0.2, 0) is 0 Å². The Morgan fingerprint density at radius 1 is 1.44 bits per heavy atom. The SMILES string of the molecule is CCNC1(CO)CCC(Oc2ccc(F)cc2)C1. The van der Waals surface area contributed by atoms with Gasteiger partial charge in [0, 0.05) is 12.0 Å². The Morgan fingerprint density at radius 3 is 2.78 bits per heavy atom. The number of hydrogen-bond acceptors (Lipinski definition) is 3. The van der Waals surface area contributed by atoms with Crippen LogP contribution in [-0.4, -0.2) is 29.9 Å². The molecule has 1 fully saturated rings. The number of rotatable bonds is 5. The van der Waals surface area contributed by atoms with Crippen molar-refractivity contribution in [3.63, 3.8) is 0 Å². The second-order valence-electron chi connectivity index (χ2n) is 4.91. The van der Waals surface area contributed by atoms with Crippen LogP contribution in [0, 0.1) is 5.82 Å². The Bertz CT molecular complexity index is 382. The Kier molecular flexibility index (Phi) is 4.19. The van der Waals surface area contributed by atoms with Gasteiger partial charge in [-0.05, 0) is 43.7 Å². The average Bonchev–Trinajstić information content (AvgIpc) is 2.77. The van der Waals surface area contributed by atoms with E-state index in [1.807, 2.05) is 6.92 Å². The molecule has 2 atom stereocenters. The molecule has 2 rings (SSSR count). The first-order valence-electron chi connectivity index (χ1n) is 6.45. The maximum Gasteiger partial charge on any atom is 0.123 e. The summed E-state index contributed by atoms with van der Waals surface area (Å²) in [5.74, 6) is 0.428. The van der Waals surface area contributed by atoms with Gasteiger partial charge in [0.05, 0.1) is 6.61 Å². The summed E-state index contributed by atoms with van der Waals surface area (Å²) in [6.45, 7) is 3.00. The van der Waals surface area contributed by atoms with Crippen molar-refractivity contribution in [1.82, 2.24) is 5.32 Å².